The van der Waals surface area contributed by atoms with Gasteiger partial charge in [0.1, 0.15) is 5.75 Å². The van der Waals surface area contributed by atoms with E-state index in [0.717, 1.165) is 37.5 Å². The Morgan fingerprint density at radius 2 is 1.31 bits per heavy atom. The van der Waals surface area contributed by atoms with Crippen molar-refractivity contribution in [1.29, 1.82) is 0 Å². The molecule has 0 amide bonds. The van der Waals surface area contributed by atoms with Gasteiger partial charge < -0.3 is 20.5 Å². The number of carboxylic acids is 1. The summed E-state index contributed by atoms with van der Waals surface area (Å²) in [6.45, 7) is 2.63. The predicted octanol–water partition coefficient (Wildman–Crippen LogP) is 6.94. The minimum Gasteiger partial charge on any atom is -0.497 e. The summed E-state index contributed by atoms with van der Waals surface area (Å²) in [5, 5.41) is 14.2. The van der Waals surface area contributed by atoms with Gasteiger partial charge in [-0.05, 0) is 77.2 Å². The molecule has 0 saturated heterocycles. The molecule has 0 aliphatic rings. The number of aliphatic carboxylic acids is 1. The second-order valence-electron chi connectivity index (χ2n) is 8.70. The standard InChI is InChI=1S/C29H30N2O.C2HF3O2/c1-32-29-15-13-28(14-16-29)31-22-25-10-6-12-27(20-25)26-11-5-9-24(19-26)21-30-18-17-23-7-3-2-4-8-23;3-2(4,5)1(6)7/h2-16,19-20,30-31H,17-18,21-22H2,1H3;(H,6,7). The minimum atomic E-state index is -5.08. The Balaban J connectivity index is 0.000000532. The molecule has 8 heteroatoms. The number of hydrogen-bond donors (Lipinski definition) is 3. The number of benzene rings is 4. The SMILES string of the molecule is COc1ccc(NCc2cccc(-c3cccc(CNCCc4ccccc4)c3)c2)cc1.O=C(O)C(F)(F)F. The van der Waals surface area contributed by atoms with E-state index in [9.17, 15) is 13.2 Å². The van der Waals surface area contributed by atoms with E-state index in [1.807, 2.05) is 24.3 Å². The van der Waals surface area contributed by atoms with E-state index in [1.165, 1.54) is 27.8 Å². The summed E-state index contributed by atoms with van der Waals surface area (Å²) in [5.74, 6) is -1.89. The third-order valence-electron chi connectivity index (χ3n) is 5.78. The second kappa shape index (κ2) is 14.6. The molecule has 0 aromatic heterocycles. The fraction of sp³-hybridized carbons (Fsp3) is 0.194. The first-order chi connectivity index (χ1) is 18.7. The van der Waals surface area contributed by atoms with Crippen molar-refractivity contribution in [2.24, 2.45) is 0 Å². The Morgan fingerprint density at radius 1 is 0.769 bits per heavy atom. The van der Waals surface area contributed by atoms with E-state index in [-0.39, 0.29) is 0 Å². The van der Waals surface area contributed by atoms with Gasteiger partial charge in [0, 0.05) is 18.8 Å². The van der Waals surface area contributed by atoms with Crippen LogP contribution in [0.5, 0.6) is 5.75 Å². The zero-order valence-corrected chi connectivity index (χ0v) is 21.5. The first-order valence-electron chi connectivity index (χ1n) is 12.4. The van der Waals surface area contributed by atoms with Gasteiger partial charge in [-0.2, -0.15) is 13.2 Å². The normalized spacial score (nSPS) is 10.8. The molecule has 5 nitrogen and oxygen atoms in total. The molecule has 0 heterocycles. The zero-order valence-electron chi connectivity index (χ0n) is 21.5. The van der Waals surface area contributed by atoms with Crippen LogP contribution in [-0.4, -0.2) is 30.9 Å². The van der Waals surface area contributed by atoms with Crippen LogP contribution in [0.4, 0.5) is 18.9 Å². The van der Waals surface area contributed by atoms with Gasteiger partial charge in [0.25, 0.3) is 0 Å². The molecule has 4 aromatic carbocycles. The number of carboxylic acid groups (broad SMARTS) is 1. The Labute approximate surface area is 226 Å². The monoisotopic (exact) mass is 536 g/mol. The molecule has 0 saturated carbocycles. The second-order valence-corrected chi connectivity index (χ2v) is 8.70. The van der Waals surface area contributed by atoms with Gasteiger partial charge in [0.15, 0.2) is 0 Å². The summed E-state index contributed by atoms with van der Waals surface area (Å²) < 4.78 is 37.0. The molecule has 3 N–H and O–H groups in total. The topological polar surface area (TPSA) is 70.6 Å². The minimum absolute atomic E-state index is 0.779. The van der Waals surface area contributed by atoms with Crippen LogP contribution >= 0.6 is 0 Å². The van der Waals surface area contributed by atoms with Gasteiger partial charge in [-0.3, -0.25) is 0 Å². The number of alkyl halides is 3. The number of ether oxygens (including phenoxy) is 1. The molecule has 0 aliphatic heterocycles. The van der Waals surface area contributed by atoms with Crippen LogP contribution in [0.15, 0.2) is 103 Å². The maximum absolute atomic E-state index is 10.6. The van der Waals surface area contributed by atoms with E-state index in [2.05, 4.69) is 89.5 Å². The molecule has 4 aromatic rings. The first-order valence-corrected chi connectivity index (χ1v) is 12.4. The number of halogens is 3. The summed E-state index contributed by atoms with van der Waals surface area (Å²) in [6.07, 6.45) is -4.04. The summed E-state index contributed by atoms with van der Waals surface area (Å²) in [6, 6.07) is 36.2. The Hall–Kier alpha value is -4.30. The van der Waals surface area contributed by atoms with Crippen LogP contribution in [-0.2, 0) is 24.3 Å². The van der Waals surface area contributed by atoms with Crippen molar-refractivity contribution >= 4 is 11.7 Å². The third kappa shape index (κ3) is 10.2. The van der Waals surface area contributed by atoms with E-state index >= 15 is 0 Å². The van der Waals surface area contributed by atoms with Crippen LogP contribution in [0.1, 0.15) is 16.7 Å². The maximum atomic E-state index is 10.6. The Kier molecular flexibility index (Phi) is 10.9. The number of hydrogen-bond acceptors (Lipinski definition) is 4. The first kappa shape index (κ1) is 29.3. The third-order valence-corrected chi connectivity index (χ3v) is 5.78. The van der Waals surface area contributed by atoms with Gasteiger partial charge in [0.05, 0.1) is 7.11 Å². The van der Waals surface area contributed by atoms with E-state index in [4.69, 9.17) is 14.6 Å². The summed E-state index contributed by atoms with van der Waals surface area (Å²) in [4.78, 5) is 8.90. The lowest BCUT2D eigenvalue weighted by Gasteiger charge is -2.11. The molecule has 0 unspecified atom stereocenters. The summed E-state index contributed by atoms with van der Waals surface area (Å²) in [5.41, 5.74) is 7.50. The van der Waals surface area contributed by atoms with Crippen molar-refractivity contribution in [2.45, 2.75) is 25.7 Å². The summed E-state index contributed by atoms with van der Waals surface area (Å²) >= 11 is 0. The highest BCUT2D eigenvalue weighted by Crippen LogP contribution is 2.23. The van der Waals surface area contributed by atoms with Crippen molar-refractivity contribution in [2.75, 3.05) is 19.0 Å². The Bertz CT molecular complexity index is 1310. The smallest absolute Gasteiger partial charge is 0.490 e. The molecule has 0 spiro atoms. The zero-order chi connectivity index (χ0) is 28.1. The van der Waals surface area contributed by atoms with Gasteiger partial charge in [0.2, 0.25) is 0 Å². The van der Waals surface area contributed by atoms with Crippen molar-refractivity contribution in [3.63, 3.8) is 0 Å². The lowest BCUT2D eigenvalue weighted by atomic mass is 10.0. The highest BCUT2D eigenvalue weighted by Gasteiger charge is 2.38. The van der Waals surface area contributed by atoms with Gasteiger partial charge in [-0.25, -0.2) is 4.79 Å². The maximum Gasteiger partial charge on any atom is 0.490 e. The lowest BCUT2D eigenvalue weighted by molar-refractivity contribution is -0.192. The molecule has 0 bridgehead atoms. The van der Waals surface area contributed by atoms with Crippen molar-refractivity contribution in [1.82, 2.24) is 5.32 Å². The van der Waals surface area contributed by atoms with Crippen LogP contribution in [0.25, 0.3) is 11.1 Å². The number of anilines is 1. The fourth-order valence-electron chi connectivity index (χ4n) is 3.74. The average Bonchev–Trinajstić information content (AvgIpc) is 2.95. The highest BCUT2D eigenvalue weighted by atomic mass is 19.4. The molecular formula is C31H31F3N2O3. The largest absolute Gasteiger partial charge is 0.497 e. The molecule has 39 heavy (non-hydrogen) atoms. The van der Waals surface area contributed by atoms with Crippen molar-refractivity contribution in [3.05, 3.63) is 120 Å². The van der Waals surface area contributed by atoms with E-state index in [0.29, 0.717) is 0 Å². The van der Waals surface area contributed by atoms with Gasteiger partial charge in [-0.15, -0.1) is 0 Å². The molecular weight excluding hydrogens is 505 g/mol. The fourth-order valence-corrected chi connectivity index (χ4v) is 3.74. The van der Waals surface area contributed by atoms with E-state index in [1.54, 1.807) is 7.11 Å². The predicted molar refractivity (Wildman–Crippen MR) is 148 cm³/mol. The number of carbonyl (C=O) groups is 1. The molecule has 204 valence electrons. The number of rotatable bonds is 10. The highest BCUT2D eigenvalue weighted by molar-refractivity contribution is 5.73. The average molecular weight is 537 g/mol. The van der Waals surface area contributed by atoms with Gasteiger partial charge >= 0.3 is 12.1 Å². The quantitative estimate of drug-likeness (QED) is 0.192. The lowest BCUT2D eigenvalue weighted by Crippen LogP contribution is -2.21. The molecule has 0 aliphatic carbocycles. The van der Waals surface area contributed by atoms with Crippen LogP contribution in [0, 0.1) is 0 Å². The van der Waals surface area contributed by atoms with Crippen LogP contribution in [0.2, 0.25) is 0 Å². The molecule has 0 radical (unpaired) electrons. The number of methoxy groups -OCH3 is 1. The summed E-state index contributed by atoms with van der Waals surface area (Å²) in [7, 11) is 1.68. The van der Waals surface area contributed by atoms with Crippen LogP contribution < -0.4 is 15.4 Å². The van der Waals surface area contributed by atoms with Crippen LogP contribution in [0.3, 0.4) is 0 Å². The number of nitrogens with one attached hydrogen (secondary N) is 2. The molecule has 4 rings (SSSR count). The van der Waals surface area contributed by atoms with E-state index < -0.39 is 12.1 Å². The van der Waals surface area contributed by atoms with Gasteiger partial charge in [-0.1, -0.05) is 66.7 Å². The van der Waals surface area contributed by atoms with Crippen molar-refractivity contribution in [3.8, 4) is 16.9 Å². The van der Waals surface area contributed by atoms with Crippen molar-refractivity contribution < 1.29 is 27.8 Å². The molecule has 0 atom stereocenters. The Morgan fingerprint density at radius 3 is 1.85 bits per heavy atom. The molecule has 0 fully saturated rings.